The Morgan fingerprint density at radius 3 is 2.74 bits per heavy atom. The van der Waals surface area contributed by atoms with Gasteiger partial charge in [0.2, 0.25) is 0 Å². The van der Waals surface area contributed by atoms with Gasteiger partial charge in [-0.3, -0.25) is 9.20 Å². The number of aryl methyl sites for hydroxylation is 1. The van der Waals surface area contributed by atoms with Gasteiger partial charge in [0, 0.05) is 17.8 Å². The summed E-state index contributed by atoms with van der Waals surface area (Å²) in [7, 11) is 0. The summed E-state index contributed by atoms with van der Waals surface area (Å²) in [6, 6.07) is 5.18. The van der Waals surface area contributed by atoms with E-state index in [1.807, 2.05) is 6.92 Å². The SMILES string of the molecule is CCCn1c(=O)c2c[nH]c(=O)n2c2ccc(Cl)cc21. The predicted octanol–water partition coefficient (Wildman–Crippen LogP) is 2.01. The Hall–Kier alpha value is -2.01. The topological polar surface area (TPSA) is 59.3 Å². The van der Waals surface area contributed by atoms with Gasteiger partial charge >= 0.3 is 5.69 Å². The molecule has 0 aliphatic heterocycles. The van der Waals surface area contributed by atoms with Crippen LogP contribution in [0, 0.1) is 0 Å². The number of H-pyrrole nitrogens is 1. The van der Waals surface area contributed by atoms with Crippen LogP contribution in [0.4, 0.5) is 0 Å². The molecule has 3 aromatic rings. The Labute approximate surface area is 113 Å². The summed E-state index contributed by atoms with van der Waals surface area (Å²) in [6.45, 7) is 2.59. The maximum Gasteiger partial charge on any atom is 0.330 e. The summed E-state index contributed by atoms with van der Waals surface area (Å²) in [5, 5.41) is 0.541. The Balaban J connectivity index is 2.63. The molecule has 0 spiro atoms. The number of aromatic nitrogens is 3. The van der Waals surface area contributed by atoms with E-state index in [1.54, 1.807) is 22.8 Å². The van der Waals surface area contributed by atoms with Crippen molar-refractivity contribution < 1.29 is 0 Å². The second-order valence-corrected chi connectivity index (χ2v) is 4.84. The van der Waals surface area contributed by atoms with Crippen LogP contribution < -0.4 is 11.2 Å². The molecule has 3 rings (SSSR count). The Morgan fingerprint density at radius 2 is 2.00 bits per heavy atom. The fourth-order valence-corrected chi connectivity index (χ4v) is 2.53. The maximum atomic E-state index is 12.4. The molecule has 0 amide bonds. The molecule has 0 bridgehead atoms. The molecule has 5 nitrogen and oxygen atoms in total. The minimum absolute atomic E-state index is 0.185. The van der Waals surface area contributed by atoms with E-state index in [4.69, 9.17) is 11.6 Å². The number of fused-ring (bicyclic) bond motifs is 3. The number of nitrogens with one attached hydrogen (secondary N) is 1. The van der Waals surface area contributed by atoms with E-state index in [1.165, 1.54) is 10.6 Å². The molecule has 0 fully saturated rings. The zero-order valence-corrected chi connectivity index (χ0v) is 11.1. The second-order valence-electron chi connectivity index (χ2n) is 4.40. The van der Waals surface area contributed by atoms with E-state index in [0.717, 1.165) is 6.42 Å². The van der Waals surface area contributed by atoms with Crippen molar-refractivity contribution in [3.8, 4) is 0 Å². The molecule has 1 aromatic carbocycles. The van der Waals surface area contributed by atoms with Crippen LogP contribution in [0.2, 0.25) is 5.02 Å². The highest BCUT2D eigenvalue weighted by molar-refractivity contribution is 6.31. The number of halogens is 1. The summed E-state index contributed by atoms with van der Waals surface area (Å²) in [6.07, 6.45) is 2.28. The fraction of sp³-hybridized carbons (Fsp3) is 0.231. The standard InChI is InChI=1S/C13H12ClN3O2/c1-2-5-16-10-6-8(14)3-4-9(10)17-11(12(16)18)7-15-13(17)19/h3-4,6-7H,2,5H2,1H3,(H,15,19). The number of rotatable bonds is 2. The zero-order valence-electron chi connectivity index (χ0n) is 10.3. The molecule has 0 saturated heterocycles. The third kappa shape index (κ3) is 1.69. The number of benzene rings is 1. The van der Waals surface area contributed by atoms with Crippen molar-refractivity contribution >= 4 is 28.2 Å². The summed E-state index contributed by atoms with van der Waals surface area (Å²) in [4.78, 5) is 26.8. The molecule has 0 unspecified atom stereocenters. The van der Waals surface area contributed by atoms with Crippen molar-refractivity contribution in [1.82, 2.24) is 14.0 Å². The van der Waals surface area contributed by atoms with Gasteiger partial charge in [-0.25, -0.2) is 4.79 Å². The van der Waals surface area contributed by atoms with Crippen LogP contribution >= 0.6 is 11.6 Å². The average Bonchev–Trinajstić information content (AvgIpc) is 2.77. The van der Waals surface area contributed by atoms with Crippen molar-refractivity contribution in [1.29, 1.82) is 0 Å². The van der Waals surface area contributed by atoms with Gasteiger partial charge in [-0.1, -0.05) is 18.5 Å². The average molecular weight is 278 g/mol. The molecule has 0 saturated carbocycles. The lowest BCUT2D eigenvalue weighted by molar-refractivity contribution is 0.678. The van der Waals surface area contributed by atoms with Crippen molar-refractivity contribution in [3.63, 3.8) is 0 Å². The summed E-state index contributed by atoms with van der Waals surface area (Å²) in [5.41, 5.74) is 1.21. The smallest absolute Gasteiger partial charge is 0.312 e. The quantitative estimate of drug-likeness (QED) is 0.779. The molecule has 2 aromatic heterocycles. The minimum Gasteiger partial charge on any atom is -0.312 e. The van der Waals surface area contributed by atoms with Crippen molar-refractivity contribution in [2.45, 2.75) is 19.9 Å². The minimum atomic E-state index is -0.317. The molecule has 0 atom stereocenters. The van der Waals surface area contributed by atoms with Gasteiger partial charge in [-0.05, 0) is 24.6 Å². The highest BCUT2D eigenvalue weighted by atomic mass is 35.5. The first-order chi connectivity index (χ1) is 9.13. The molecule has 2 heterocycles. The van der Waals surface area contributed by atoms with Crippen LogP contribution in [0.1, 0.15) is 13.3 Å². The van der Waals surface area contributed by atoms with E-state index in [0.29, 0.717) is 28.1 Å². The van der Waals surface area contributed by atoms with Crippen molar-refractivity contribution in [2.24, 2.45) is 0 Å². The Kier molecular flexibility index (Phi) is 2.71. The number of aromatic amines is 1. The normalized spacial score (nSPS) is 11.5. The number of nitrogens with zero attached hydrogens (tertiary/aromatic N) is 2. The van der Waals surface area contributed by atoms with E-state index in [-0.39, 0.29) is 11.2 Å². The highest BCUT2D eigenvalue weighted by Crippen LogP contribution is 2.18. The van der Waals surface area contributed by atoms with Crippen LogP contribution in [0.25, 0.3) is 16.6 Å². The van der Waals surface area contributed by atoms with Gasteiger partial charge in [0.1, 0.15) is 5.52 Å². The molecular weight excluding hydrogens is 266 g/mol. The third-order valence-electron chi connectivity index (χ3n) is 3.16. The molecule has 0 aliphatic carbocycles. The van der Waals surface area contributed by atoms with Crippen LogP contribution in [0.3, 0.4) is 0 Å². The predicted molar refractivity (Wildman–Crippen MR) is 75.1 cm³/mol. The van der Waals surface area contributed by atoms with Crippen molar-refractivity contribution in [3.05, 3.63) is 50.3 Å². The van der Waals surface area contributed by atoms with Crippen LogP contribution in [-0.4, -0.2) is 14.0 Å². The lowest BCUT2D eigenvalue weighted by atomic mass is 10.2. The first-order valence-corrected chi connectivity index (χ1v) is 6.43. The molecule has 6 heteroatoms. The van der Waals surface area contributed by atoms with Gasteiger partial charge in [0.25, 0.3) is 5.56 Å². The number of hydrogen-bond donors (Lipinski definition) is 1. The van der Waals surface area contributed by atoms with E-state index in [2.05, 4.69) is 4.98 Å². The van der Waals surface area contributed by atoms with Gasteiger partial charge in [0.15, 0.2) is 0 Å². The highest BCUT2D eigenvalue weighted by Gasteiger charge is 2.12. The number of hydrogen-bond acceptors (Lipinski definition) is 2. The molecule has 0 aliphatic rings. The molecule has 19 heavy (non-hydrogen) atoms. The number of imidazole rings is 1. The van der Waals surface area contributed by atoms with Gasteiger partial charge in [-0.15, -0.1) is 0 Å². The van der Waals surface area contributed by atoms with E-state index >= 15 is 0 Å². The van der Waals surface area contributed by atoms with E-state index < -0.39 is 0 Å². The van der Waals surface area contributed by atoms with E-state index in [9.17, 15) is 9.59 Å². The van der Waals surface area contributed by atoms with Crippen LogP contribution in [0.15, 0.2) is 34.0 Å². The van der Waals surface area contributed by atoms with Gasteiger partial charge in [-0.2, -0.15) is 0 Å². The Morgan fingerprint density at radius 1 is 1.21 bits per heavy atom. The van der Waals surface area contributed by atoms with Gasteiger partial charge < -0.3 is 9.55 Å². The summed E-state index contributed by atoms with van der Waals surface area (Å²) in [5.74, 6) is 0. The van der Waals surface area contributed by atoms with Crippen molar-refractivity contribution in [2.75, 3.05) is 0 Å². The first-order valence-electron chi connectivity index (χ1n) is 6.05. The van der Waals surface area contributed by atoms with Gasteiger partial charge in [0.05, 0.1) is 11.0 Å². The third-order valence-corrected chi connectivity index (χ3v) is 3.39. The largest absolute Gasteiger partial charge is 0.330 e. The Bertz CT molecular complexity index is 888. The lowest BCUT2D eigenvalue weighted by Crippen LogP contribution is -2.25. The maximum absolute atomic E-state index is 12.4. The lowest BCUT2D eigenvalue weighted by Gasteiger charge is -2.11. The van der Waals surface area contributed by atoms with Crippen LogP contribution in [-0.2, 0) is 6.54 Å². The molecule has 0 radical (unpaired) electrons. The summed E-state index contributed by atoms with van der Waals surface area (Å²) >= 11 is 6.00. The molecule has 98 valence electrons. The monoisotopic (exact) mass is 277 g/mol. The molecular formula is C13H12ClN3O2. The zero-order chi connectivity index (χ0) is 13.6. The summed E-state index contributed by atoms with van der Waals surface area (Å²) < 4.78 is 3.05. The van der Waals surface area contributed by atoms with Crippen LogP contribution in [0.5, 0.6) is 0 Å². The molecule has 1 N–H and O–H groups in total. The fourth-order valence-electron chi connectivity index (χ4n) is 2.36. The second kappa shape index (κ2) is 4.28. The first kappa shape index (κ1) is 12.0.